The van der Waals surface area contributed by atoms with Gasteiger partial charge < -0.3 is 9.64 Å². The molecular weight excluding hydrogens is 396 g/mol. The molecule has 2 aromatic carbocycles. The van der Waals surface area contributed by atoms with Crippen LogP contribution in [0.4, 0.5) is 0 Å². The Morgan fingerprint density at radius 2 is 1.57 bits per heavy atom. The minimum Gasteiger partial charge on any atom is -0.378 e. The van der Waals surface area contributed by atoms with Crippen LogP contribution in [0.3, 0.4) is 0 Å². The number of benzene rings is 2. The zero-order valence-corrected chi connectivity index (χ0v) is 18.7. The van der Waals surface area contributed by atoms with Crippen molar-refractivity contribution >= 4 is 23.0 Å². The zero-order chi connectivity index (χ0) is 21.6. The van der Waals surface area contributed by atoms with Gasteiger partial charge >= 0.3 is 0 Å². The molecule has 5 nitrogen and oxygen atoms in total. The number of carbonyl (C=O) groups is 1. The molecule has 0 bridgehead atoms. The largest absolute Gasteiger partial charge is 0.378 e. The number of morpholine rings is 1. The Morgan fingerprint density at radius 1 is 1.00 bits per heavy atom. The van der Waals surface area contributed by atoms with E-state index in [4.69, 9.17) is 4.74 Å². The second-order valence-corrected chi connectivity index (χ2v) is 10.3. The Kier molecular flexibility index (Phi) is 7.23. The van der Waals surface area contributed by atoms with E-state index < -0.39 is 21.3 Å². The van der Waals surface area contributed by atoms with Gasteiger partial charge in [0.1, 0.15) is 0 Å². The number of hydrogen-bond acceptors (Lipinski definition) is 3. The highest BCUT2D eigenvalue weighted by Crippen LogP contribution is 2.30. The van der Waals surface area contributed by atoms with Gasteiger partial charge in [0.15, 0.2) is 5.54 Å². The third-order valence-electron chi connectivity index (χ3n) is 5.00. The van der Waals surface area contributed by atoms with E-state index in [0.717, 1.165) is 11.1 Å². The van der Waals surface area contributed by atoms with Crippen molar-refractivity contribution in [1.82, 2.24) is 9.62 Å². The third-order valence-corrected chi connectivity index (χ3v) is 6.62. The molecule has 1 saturated heterocycles. The summed E-state index contributed by atoms with van der Waals surface area (Å²) in [7, 11) is -1.47. The SMILES string of the molecule is CC(C)(C)[S@](=O)N[C@](C=Cc1ccccc1)(C(=O)N1CCOCC1)c1ccccc1. The molecule has 0 unspecified atom stereocenters. The molecule has 1 aliphatic rings. The zero-order valence-electron chi connectivity index (χ0n) is 17.8. The van der Waals surface area contributed by atoms with E-state index in [-0.39, 0.29) is 5.91 Å². The lowest BCUT2D eigenvalue weighted by atomic mass is 9.88. The Bertz CT molecular complexity index is 888. The number of ether oxygens (including phenoxy) is 1. The van der Waals surface area contributed by atoms with Crippen molar-refractivity contribution in [1.29, 1.82) is 0 Å². The van der Waals surface area contributed by atoms with Crippen molar-refractivity contribution in [2.75, 3.05) is 26.3 Å². The molecule has 0 aromatic heterocycles. The molecular formula is C24H30N2O3S. The van der Waals surface area contributed by atoms with Crippen LogP contribution in [0, 0.1) is 0 Å². The Labute approximate surface area is 181 Å². The first kappa shape index (κ1) is 22.4. The first-order valence-electron chi connectivity index (χ1n) is 10.2. The predicted octanol–water partition coefficient (Wildman–Crippen LogP) is 3.51. The van der Waals surface area contributed by atoms with E-state index in [0.29, 0.717) is 26.3 Å². The van der Waals surface area contributed by atoms with Gasteiger partial charge in [0.25, 0.3) is 5.91 Å². The molecule has 0 spiro atoms. The minimum atomic E-state index is -1.47. The number of amides is 1. The fraction of sp³-hybridized carbons (Fsp3) is 0.375. The molecule has 1 fully saturated rings. The molecule has 2 aromatic rings. The minimum absolute atomic E-state index is 0.123. The highest BCUT2D eigenvalue weighted by molar-refractivity contribution is 7.84. The van der Waals surface area contributed by atoms with Crippen molar-refractivity contribution in [3.63, 3.8) is 0 Å². The van der Waals surface area contributed by atoms with Crippen LogP contribution in [0.25, 0.3) is 6.08 Å². The third kappa shape index (κ3) is 5.25. The number of nitrogens with zero attached hydrogens (tertiary/aromatic N) is 1. The molecule has 1 N–H and O–H groups in total. The second kappa shape index (κ2) is 9.69. The summed E-state index contributed by atoms with van der Waals surface area (Å²) >= 11 is 0. The van der Waals surface area contributed by atoms with Crippen molar-refractivity contribution in [2.45, 2.75) is 31.1 Å². The molecule has 1 heterocycles. The summed E-state index contributed by atoms with van der Waals surface area (Å²) in [6.07, 6.45) is 3.76. The quantitative estimate of drug-likeness (QED) is 0.769. The lowest BCUT2D eigenvalue weighted by Crippen LogP contribution is -2.58. The van der Waals surface area contributed by atoms with Gasteiger partial charge in [-0.1, -0.05) is 66.7 Å². The maximum atomic E-state index is 13.9. The van der Waals surface area contributed by atoms with Crippen LogP contribution in [0.5, 0.6) is 0 Å². The van der Waals surface area contributed by atoms with Crippen molar-refractivity contribution < 1.29 is 13.7 Å². The summed E-state index contributed by atoms with van der Waals surface area (Å²) in [5, 5.41) is 0. The molecule has 1 amide bonds. The van der Waals surface area contributed by atoms with Crippen LogP contribution in [0.1, 0.15) is 31.9 Å². The van der Waals surface area contributed by atoms with Gasteiger partial charge in [0, 0.05) is 13.1 Å². The van der Waals surface area contributed by atoms with Gasteiger partial charge in [-0.3, -0.25) is 4.79 Å². The Morgan fingerprint density at radius 3 is 2.13 bits per heavy atom. The van der Waals surface area contributed by atoms with Gasteiger partial charge in [-0.15, -0.1) is 0 Å². The standard InChI is InChI=1S/C24H30N2O3S/c1-23(2,3)30(28)25-24(21-12-8-5-9-13-21,15-14-20-10-6-4-7-11-20)22(27)26-16-18-29-19-17-26/h4-15,25H,16-19H2,1-3H3/t24-,30-/m0/s1. The monoisotopic (exact) mass is 426 g/mol. The molecule has 30 heavy (non-hydrogen) atoms. The fourth-order valence-corrected chi connectivity index (χ4v) is 4.10. The summed E-state index contributed by atoms with van der Waals surface area (Å²) in [6, 6.07) is 19.3. The summed E-state index contributed by atoms with van der Waals surface area (Å²) < 4.78 is 21.3. The molecule has 3 rings (SSSR count). The maximum absolute atomic E-state index is 13.9. The van der Waals surface area contributed by atoms with E-state index in [9.17, 15) is 9.00 Å². The van der Waals surface area contributed by atoms with Gasteiger partial charge in [0.2, 0.25) is 0 Å². The van der Waals surface area contributed by atoms with Crippen LogP contribution in [-0.2, 0) is 26.1 Å². The molecule has 0 radical (unpaired) electrons. The van der Waals surface area contributed by atoms with Crippen molar-refractivity contribution in [3.05, 3.63) is 77.9 Å². The van der Waals surface area contributed by atoms with E-state index in [2.05, 4.69) is 4.72 Å². The first-order valence-corrected chi connectivity index (χ1v) is 11.3. The summed E-state index contributed by atoms with van der Waals surface area (Å²) in [6.45, 7) is 7.71. The van der Waals surface area contributed by atoms with Gasteiger partial charge in [-0.2, -0.15) is 0 Å². The van der Waals surface area contributed by atoms with E-state index in [1.165, 1.54) is 0 Å². The van der Waals surface area contributed by atoms with Crippen LogP contribution >= 0.6 is 0 Å². The second-order valence-electron chi connectivity index (χ2n) is 8.31. The molecule has 0 saturated carbocycles. The molecule has 1 aliphatic heterocycles. The van der Waals surface area contributed by atoms with Crippen LogP contribution in [-0.4, -0.2) is 46.1 Å². The topological polar surface area (TPSA) is 58.6 Å². The normalized spacial score (nSPS) is 18.2. The fourth-order valence-electron chi connectivity index (χ4n) is 3.23. The highest BCUT2D eigenvalue weighted by Gasteiger charge is 2.44. The van der Waals surface area contributed by atoms with E-state index in [1.807, 2.05) is 93.6 Å². The number of carbonyl (C=O) groups excluding carboxylic acids is 1. The average Bonchev–Trinajstić information content (AvgIpc) is 2.77. The molecule has 160 valence electrons. The van der Waals surface area contributed by atoms with Gasteiger partial charge in [-0.25, -0.2) is 8.93 Å². The van der Waals surface area contributed by atoms with E-state index in [1.54, 1.807) is 4.90 Å². The Balaban J connectivity index is 2.12. The van der Waals surface area contributed by atoms with Gasteiger partial charge in [-0.05, 0) is 38.0 Å². The molecule has 0 aliphatic carbocycles. The number of nitrogens with one attached hydrogen (secondary N) is 1. The first-order chi connectivity index (χ1) is 14.3. The van der Waals surface area contributed by atoms with Crippen molar-refractivity contribution in [2.24, 2.45) is 0 Å². The van der Waals surface area contributed by atoms with Crippen LogP contribution < -0.4 is 4.72 Å². The lowest BCUT2D eigenvalue weighted by Gasteiger charge is -2.39. The molecule has 6 heteroatoms. The summed E-state index contributed by atoms with van der Waals surface area (Å²) in [5.41, 5.74) is 0.467. The maximum Gasteiger partial charge on any atom is 0.252 e. The summed E-state index contributed by atoms with van der Waals surface area (Å²) in [4.78, 5) is 15.7. The van der Waals surface area contributed by atoms with E-state index >= 15 is 0 Å². The predicted molar refractivity (Wildman–Crippen MR) is 122 cm³/mol. The average molecular weight is 427 g/mol. The lowest BCUT2D eigenvalue weighted by molar-refractivity contribution is -0.140. The highest BCUT2D eigenvalue weighted by atomic mass is 32.2. The number of rotatable bonds is 6. The molecule has 2 atom stereocenters. The Hall–Kier alpha value is -2.28. The smallest absolute Gasteiger partial charge is 0.252 e. The summed E-state index contributed by atoms with van der Waals surface area (Å²) in [5.74, 6) is -0.123. The van der Waals surface area contributed by atoms with Crippen LogP contribution in [0.2, 0.25) is 0 Å². The number of hydrogen-bond donors (Lipinski definition) is 1. The van der Waals surface area contributed by atoms with Crippen molar-refractivity contribution in [3.8, 4) is 0 Å². The van der Waals surface area contributed by atoms with Crippen LogP contribution in [0.15, 0.2) is 66.7 Å². The van der Waals surface area contributed by atoms with Gasteiger partial charge in [0.05, 0.1) is 28.9 Å².